The lowest BCUT2D eigenvalue weighted by atomic mass is 9.96. The third-order valence-corrected chi connectivity index (χ3v) is 8.45. The first-order valence-electron chi connectivity index (χ1n) is 14.6. The second-order valence-electron chi connectivity index (χ2n) is 10.9. The molecule has 0 saturated heterocycles. The molecule has 0 saturated carbocycles. The van der Waals surface area contributed by atoms with E-state index in [1.54, 1.807) is 18.4 Å². The molecule has 0 unspecified atom stereocenters. The van der Waals surface area contributed by atoms with Crippen LogP contribution >= 0.6 is 0 Å². The molecule has 3 nitrogen and oxygen atoms in total. The third kappa shape index (κ3) is 4.43. The minimum atomic E-state index is 0.841. The topological polar surface area (TPSA) is 54.8 Å². The van der Waals surface area contributed by atoms with Crippen molar-refractivity contribution >= 4 is 60.7 Å². The molecule has 3 heteroatoms. The number of aromatic nitrogens is 1. The van der Waals surface area contributed by atoms with Crippen LogP contribution in [0.5, 0.6) is 0 Å². The molecule has 210 valence electrons. The van der Waals surface area contributed by atoms with Gasteiger partial charge in [0, 0.05) is 34.3 Å². The maximum Gasteiger partial charge on any atom is 0.0619 e. The van der Waals surface area contributed by atoms with Crippen molar-refractivity contribution in [3.05, 3.63) is 164 Å². The SMILES string of the molecule is C=C/C=C(\C=N)c1ccc2cc(-c3ccc4c(ccc5c6ccc(/C(C=C)=C/N)cc6n(-c6ccccc6)c45)c3)ccc2c1. The lowest BCUT2D eigenvalue weighted by Gasteiger charge is -2.12. The van der Waals surface area contributed by atoms with Crippen molar-refractivity contribution in [3.63, 3.8) is 0 Å². The normalized spacial score (nSPS) is 12.3. The molecule has 0 aliphatic heterocycles. The van der Waals surface area contributed by atoms with Crippen LogP contribution in [-0.4, -0.2) is 10.8 Å². The molecule has 6 aromatic carbocycles. The van der Waals surface area contributed by atoms with E-state index >= 15 is 0 Å². The number of fused-ring (bicyclic) bond motifs is 6. The van der Waals surface area contributed by atoms with E-state index in [0.29, 0.717) is 0 Å². The Morgan fingerprint density at radius 1 is 0.636 bits per heavy atom. The van der Waals surface area contributed by atoms with E-state index in [1.807, 2.05) is 6.08 Å². The zero-order chi connectivity index (χ0) is 30.2. The summed E-state index contributed by atoms with van der Waals surface area (Å²) < 4.78 is 2.37. The number of rotatable bonds is 7. The highest BCUT2D eigenvalue weighted by molar-refractivity contribution is 6.19. The molecule has 1 heterocycles. The number of para-hydroxylation sites is 1. The molecule has 7 aromatic rings. The van der Waals surface area contributed by atoms with Crippen LogP contribution in [0.15, 0.2) is 153 Å². The molecule has 0 spiro atoms. The molecular weight excluding hydrogens is 534 g/mol. The second kappa shape index (κ2) is 11.0. The smallest absolute Gasteiger partial charge is 0.0619 e. The Morgan fingerprint density at radius 3 is 2.02 bits per heavy atom. The average molecular weight is 566 g/mol. The average Bonchev–Trinajstić information content (AvgIpc) is 3.41. The molecule has 1 aromatic heterocycles. The molecular formula is C41H31N3. The first-order chi connectivity index (χ1) is 21.6. The van der Waals surface area contributed by atoms with Crippen LogP contribution in [0.2, 0.25) is 0 Å². The fourth-order valence-corrected chi connectivity index (χ4v) is 6.28. The molecule has 0 atom stereocenters. The molecule has 3 N–H and O–H groups in total. The number of benzene rings is 6. The molecule has 44 heavy (non-hydrogen) atoms. The van der Waals surface area contributed by atoms with Crippen LogP contribution in [-0.2, 0) is 0 Å². The van der Waals surface area contributed by atoms with Crippen molar-refractivity contribution in [2.24, 2.45) is 5.73 Å². The monoisotopic (exact) mass is 565 g/mol. The summed E-state index contributed by atoms with van der Waals surface area (Å²) >= 11 is 0. The Kier molecular flexibility index (Phi) is 6.76. The number of nitrogens with zero attached hydrogens (tertiary/aromatic N) is 1. The Hall–Kier alpha value is -5.93. The van der Waals surface area contributed by atoms with Crippen molar-refractivity contribution in [1.82, 2.24) is 4.57 Å². The van der Waals surface area contributed by atoms with Gasteiger partial charge in [-0.25, -0.2) is 0 Å². The minimum Gasteiger partial charge on any atom is -0.404 e. The van der Waals surface area contributed by atoms with Crippen molar-refractivity contribution in [2.45, 2.75) is 0 Å². The molecule has 0 bridgehead atoms. The third-order valence-electron chi connectivity index (χ3n) is 8.45. The van der Waals surface area contributed by atoms with Crippen LogP contribution in [0.4, 0.5) is 0 Å². The maximum atomic E-state index is 7.75. The highest BCUT2D eigenvalue weighted by Gasteiger charge is 2.16. The summed E-state index contributed by atoms with van der Waals surface area (Å²) in [6.45, 7) is 7.73. The predicted octanol–water partition coefficient (Wildman–Crippen LogP) is 10.5. The van der Waals surface area contributed by atoms with Crippen molar-refractivity contribution < 1.29 is 0 Å². The Bertz CT molecular complexity index is 2330. The fourth-order valence-electron chi connectivity index (χ4n) is 6.28. The van der Waals surface area contributed by atoms with Gasteiger partial charge in [0.15, 0.2) is 0 Å². The quantitative estimate of drug-likeness (QED) is 0.147. The summed E-state index contributed by atoms with van der Waals surface area (Å²) in [7, 11) is 0. The van der Waals surface area contributed by atoms with E-state index in [9.17, 15) is 0 Å². The largest absolute Gasteiger partial charge is 0.404 e. The van der Waals surface area contributed by atoms with Crippen LogP contribution in [0.25, 0.3) is 71.3 Å². The van der Waals surface area contributed by atoms with Gasteiger partial charge in [0.25, 0.3) is 0 Å². The summed E-state index contributed by atoms with van der Waals surface area (Å²) in [5, 5.41) is 14.8. The van der Waals surface area contributed by atoms with Gasteiger partial charge in [-0.2, -0.15) is 0 Å². The van der Waals surface area contributed by atoms with E-state index in [1.165, 1.54) is 44.4 Å². The van der Waals surface area contributed by atoms with E-state index in [0.717, 1.165) is 44.2 Å². The van der Waals surface area contributed by atoms with E-state index in [2.05, 4.69) is 133 Å². The zero-order valence-corrected chi connectivity index (χ0v) is 24.3. The number of hydrogen-bond acceptors (Lipinski definition) is 2. The van der Waals surface area contributed by atoms with Gasteiger partial charge >= 0.3 is 0 Å². The van der Waals surface area contributed by atoms with Gasteiger partial charge in [-0.05, 0) is 86.0 Å². The van der Waals surface area contributed by atoms with Gasteiger partial charge in [0.1, 0.15) is 0 Å². The summed E-state index contributed by atoms with van der Waals surface area (Å²) in [6.07, 6.45) is 8.36. The fraction of sp³-hybridized carbons (Fsp3) is 0. The lowest BCUT2D eigenvalue weighted by Crippen LogP contribution is -1.95. The van der Waals surface area contributed by atoms with Gasteiger partial charge in [-0.3, -0.25) is 0 Å². The number of nitrogens with one attached hydrogen (secondary N) is 1. The van der Waals surface area contributed by atoms with E-state index < -0.39 is 0 Å². The first kappa shape index (κ1) is 26.9. The lowest BCUT2D eigenvalue weighted by molar-refractivity contribution is 1.19. The van der Waals surface area contributed by atoms with Gasteiger partial charge in [-0.1, -0.05) is 110 Å². The van der Waals surface area contributed by atoms with Crippen LogP contribution in [0.1, 0.15) is 11.1 Å². The summed E-state index contributed by atoms with van der Waals surface area (Å²) in [4.78, 5) is 0. The predicted molar refractivity (Wildman–Crippen MR) is 191 cm³/mol. The standard InChI is InChI=1S/C41H31N3/c1-3-8-35(26-43)32-14-13-28-21-29(11-12-30(28)22-32)31-15-18-37-34(23-31)17-20-39-38-19-16-33(27(4-2)25-42)24-40(38)44(41(37)39)36-9-6-5-7-10-36/h3-26,43H,1-2,42H2/b27-25+,35-8+,43-26?. The first-order valence-corrected chi connectivity index (χ1v) is 14.6. The molecule has 0 amide bonds. The van der Waals surface area contributed by atoms with Gasteiger partial charge in [-0.15, -0.1) is 0 Å². The molecule has 0 fully saturated rings. The number of nitrogens with two attached hydrogens (primary N) is 1. The highest BCUT2D eigenvalue weighted by Crippen LogP contribution is 2.39. The van der Waals surface area contributed by atoms with Gasteiger partial charge in [0.2, 0.25) is 0 Å². The van der Waals surface area contributed by atoms with Crippen molar-refractivity contribution in [3.8, 4) is 16.8 Å². The molecule has 0 aliphatic rings. The number of allylic oxidation sites excluding steroid dienone is 5. The molecule has 0 aliphatic carbocycles. The molecule has 0 radical (unpaired) electrons. The van der Waals surface area contributed by atoms with Gasteiger partial charge < -0.3 is 15.7 Å². The zero-order valence-electron chi connectivity index (χ0n) is 24.3. The van der Waals surface area contributed by atoms with Crippen LogP contribution in [0.3, 0.4) is 0 Å². The Morgan fingerprint density at radius 2 is 1.27 bits per heavy atom. The Labute approximate surface area is 256 Å². The van der Waals surface area contributed by atoms with Gasteiger partial charge in [0.05, 0.1) is 11.0 Å². The summed E-state index contributed by atoms with van der Waals surface area (Å²) in [5.74, 6) is 0. The van der Waals surface area contributed by atoms with Crippen LogP contribution in [0, 0.1) is 5.41 Å². The van der Waals surface area contributed by atoms with Crippen LogP contribution < -0.4 is 5.73 Å². The van der Waals surface area contributed by atoms with E-state index in [4.69, 9.17) is 11.1 Å². The summed E-state index contributed by atoms with van der Waals surface area (Å²) in [6, 6.07) is 41.2. The maximum absolute atomic E-state index is 7.75. The van der Waals surface area contributed by atoms with Crippen molar-refractivity contribution in [1.29, 1.82) is 5.41 Å². The molecule has 7 rings (SSSR count). The van der Waals surface area contributed by atoms with E-state index in [-0.39, 0.29) is 0 Å². The Balaban J connectivity index is 1.41. The second-order valence-corrected chi connectivity index (χ2v) is 10.9. The highest BCUT2D eigenvalue weighted by atomic mass is 15.0. The minimum absolute atomic E-state index is 0.841. The number of hydrogen-bond donors (Lipinski definition) is 2. The van der Waals surface area contributed by atoms with Crippen molar-refractivity contribution in [2.75, 3.05) is 0 Å². The summed E-state index contributed by atoms with van der Waals surface area (Å²) in [5.41, 5.74) is 15.5.